The van der Waals surface area contributed by atoms with Gasteiger partial charge < -0.3 is 15.8 Å². The van der Waals surface area contributed by atoms with E-state index in [1.54, 1.807) is 18.2 Å². The van der Waals surface area contributed by atoms with Crippen LogP contribution in [0, 0.1) is 5.82 Å². The number of methoxy groups -OCH3 is 1. The first-order valence-corrected chi connectivity index (χ1v) is 6.09. The van der Waals surface area contributed by atoms with Crippen molar-refractivity contribution in [2.45, 2.75) is 0 Å². The summed E-state index contributed by atoms with van der Waals surface area (Å²) >= 11 is 5.90. The largest absolute Gasteiger partial charge is 0.496 e. The van der Waals surface area contributed by atoms with Crippen molar-refractivity contribution in [2.75, 3.05) is 18.2 Å². The fraction of sp³-hybridized carbons (Fsp3) is 0.0714. The van der Waals surface area contributed by atoms with Crippen molar-refractivity contribution in [3.63, 3.8) is 0 Å². The average Bonchev–Trinajstić information content (AvgIpc) is 2.42. The van der Waals surface area contributed by atoms with Crippen LogP contribution in [0.5, 0.6) is 5.75 Å². The Morgan fingerprint density at radius 3 is 2.80 bits per heavy atom. The molecule has 0 spiro atoms. The number of halogens is 2. The van der Waals surface area contributed by atoms with E-state index in [4.69, 9.17) is 22.1 Å². The van der Waals surface area contributed by atoms with Gasteiger partial charge >= 0.3 is 0 Å². The number of hydrogen-bond acceptors (Lipinski definition) is 3. The van der Waals surface area contributed by atoms with Gasteiger partial charge in [-0.25, -0.2) is 4.39 Å². The van der Waals surface area contributed by atoms with Gasteiger partial charge in [0.1, 0.15) is 17.1 Å². The van der Waals surface area contributed by atoms with E-state index in [-0.39, 0.29) is 22.0 Å². The summed E-state index contributed by atoms with van der Waals surface area (Å²) in [5.74, 6) is -0.694. The fourth-order valence-corrected chi connectivity index (χ4v) is 1.90. The molecule has 6 heteroatoms. The molecule has 0 aromatic heterocycles. The molecular formula is C14H12ClFN2O2. The van der Waals surface area contributed by atoms with Gasteiger partial charge in [0.15, 0.2) is 0 Å². The Morgan fingerprint density at radius 1 is 1.35 bits per heavy atom. The van der Waals surface area contributed by atoms with E-state index in [0.29, 0.717) is 5.75 Å². The molecule has 20 heavy (non-hydrogen) atoms. The monoisotopic (exact) mass is 294 g/mol. The summed E-state index contributed by atoms with van der Waals surface area (Å²) in [5.41, 5.74) is 6.37. The first kappa shape index (κ1) is 14.1. The average molecular weight is 295 g/mol. The van der Waals surface area contributed by atoms with Crippen LogP contribution in [0.4, 0.5) is 15.8 Å². The van der Waals surface area contributed by atoms with E-state index >= 15 is 0 Å². The number of benzene rings is 2. The molecule has 0 atom stereocenters. The molecule has 1 amide bonds. The minimum absolute atomic E-state index is 0.168. The number of nitrogen functional groups attached to an aromatic ring is 1. The lowest BCUT2D eigenvalue weighted by atomic mass is 10.1. The molecule has 104 valence electrons. The van der Waals surface area contributed by atoms with Gasteiger partial charge in [-0.15, -0.1) is 0 Å². The van der Waals surface area contributed by atoms with Crippen molar-refractivity contribution in [1.29, 1.82) is 0 Å². The van der Waals surface area contributed by atoms with Crippen LogP contribution >= 0.6 is 11.6 Å². The van der Waals surface area contributed by atoms with Gasteiger partial charge in [0.25, 0.3) is 5.91 Å². The quantitative estimate of drug-likeness (QED) is 0.854. The molecule has 0 fully saturated rings. The van der Waals surface area contributed by atoms with E-state index in [0.717, 1.165) is 6.07 Å². The van der Waals surface area contributed by atoms with Crippen LogP contribution in [0.1, 0.15) is 10.4 Å². The third-order valence-electron chi connectivity index (χ3n) is 2.68. The number of hydrogen-bond donors (Lipinski definition) is 2. The molecule has 0 bridgehead atoms. The van der Waals surface area contributed by atoms with Gasteiger partial charge in [-0.2, -0.15) is 0 Å². The van der Waals surface area contributed by atoms with Gasteiger partial charge in [0.05, 0.1) is 17.8 Å². The molecule has 0 unspecified atom stereocenters. The number of ether oxygens (including phenoxy) is 1. The van der Waals surface area contributed by atoms with Crippen molar-refractivity contribution in [1.82, 2.24) is 0 Å². The second-order valence-electron chi connectivity index (χ2n) is 4.00. The number of nitrogens with two attached hydrogens (primary N) is 1. The lowest BCUT2D eigenvalue weighted by molar-refractivity contribution is 0.102. The molecule has 0 saturated carbocycles. The second-order valence-corrected chi connectivity index (χ2v) is 4.41. The van der Waals surface area contributed by atoms with Crippen molar-refractivity contribution >= 4 is 28.9 Å². The Balaban J connectivity index is 2.36. The van der Waals surface area contributed by atoms with Crippen molar-refractivity contribution in [3.05, 3.63) is 52.8 Å². The zero-order chi connectivity index (χ0) is 14.7. The first-order chi connectivity index (χ1) is 9.52. The van der Waals surface area contributed by atoms with Crippen LogP contribution in [0.15, 0.2) is 36.4 Å². The third-order valence-corrected chi connectivity index (χ3v) is 3.01. The second kappa shape index (κ2) is 5.79. The summed E-state index contributed by atoms with van der Waals surface area (Å²) in [6.45, 7) is 0. The SMILES string of the molecule is COc1cccc(N)c1C(=O)Nc1cc(F)ccc1Cl. The van der Waals surface area contributed by atoms with Crippen LogP contribution in [0.25, 0.3) is 0 Å². The summed E-state index contributed by atoms with van der Waals surface area (Å²) in [7, 11) is 1.43. The number of anilines is 2. The van der Waals surface area contributed by atoms with Crippen LogP contribution in [-0.4, -0.2) is 13.0 Å². The van der Waals surface area contributed by atoms with Crippen LogP contribution < -0.4 is 15.8 Å². The summed E-state index contributed by atoms with van der Waals surface area (Å²) < 4.78 is 18.3. The molecular weight excluding hydrogens is 283 g/mol. The smallest absolute Gasteiger partial charge is 0.261 e. The number of carbonyl (C=O) groups is 1. The molecule has 4 nitrogen and oxygen atoms in total. The molecule has 2 rings (SSSR count). The van der Waals surface area contributed by atoms with E-state index < -0.39 is 11.7 Å². The minimum Gasteiger partial charge on any atom is -0.496 e. The lowest BCUT2D eigenvalue weighted by Gasteiger charge is -2.12. The standard InChI is InChI=1S/C14H12ClFN2O2/c1-20-12-4-2-3-10(17)13(12)14(19)18-11-7-8(16)5-6-9(11)15/h2-7H,17H2,1H3,(H,18,19). The third kappa shape index (κ3) is 2.83. The number of amides is 1. The molecule has 0 aliphatic carbocycles. The zero-order valence-electron chi connectivity index (χ0n) is 10.6. The topological polar surface area (TPSA) is 64.3 Å². The maximum atomic E-state index is 13.2. The van der Waals surface area contributed by atoms with Gasteiger partial charge in [-0.05, 0) is 30.3 Å². The molecule has 0 aliphatic heterocycles. The molecule has 2 aromatic carbocycles. The maximum absolute atomic E-state index is 13.2. The van der Waals surface area contributed by atoms with Crippen molar-refractivity contribution < 1.29 is 13.9 Å². The Hall–Kier alpha value is -2.27. The van der Waals surface area contributed by atoms with Gasteiger partial charge in [-0.3, -0.25) is 4.79 Å². The number of rotatable bonds is 3. The Bertz CT molecular complexity index is 662. The Kier molecular flexibility index (Phi) is 4.10. The minimum atomic E-state index is -0.521. The highest BCUT2D eigenvalue weighted by atomic mass is 35.5. The summed E-state index contributed by atoms with van der Waals surface area (Å²) in [6.07, 6.45) is 0. The highest BCUT2D eigenvalue weighted by Crippen LogP contribution is 2.27. The van der Waals surface area contributed by atoms with E-state index in [2.05, 4.69) is 5.32 Å². The molecule has 0 saturated heterocycles. The predicted molar refractivity (Wildman–Crippen MR) is 76.8 cm³/mol. The molecule has 0 aliphatic rings. The van der Waals surface area contributed by atoms with Gasteiger partial charge in [-0.1, -0.05) is 17.7 Å². The number of nitrogens with one attached hydrogen (secondary N) is 1. The maximum Gasteiger partial charge on any atom is 0.261 e. The first-order valence-electron chi connectivity index (χ1n) is 5.72. The molecule has 2 aromatic rings. The molecule has 0 radical (unpaired) electrons. The fourth-order valence-electron chi connectivity index (χ4n) is 1.74. The Labute approximate surface area is 120 Å². The summed E-state index contributed by atoms with van der Waals surface area (Å²) in [6, 6.07) is 8.54. The highest BCUT2D eigenvalue weighted by Gasteiger charge is 2.17. The summed E-state index contributed by atoms with van der Waals surface area (Å²) in [4.78, 5) is 12.2. The number of carbonyl (C=O) groups excluding carboxylic acids is 1. The summed E-state index contributed by atoms with van der Waals surface area (Å²) in [5, 5.41) is 2.74. The van der Waals surface area contributed by atoms with Crippen molar-refractivity contribution in [2.24, 2.45) is 0 Å². The van der Waals surface area contributed by atoms with E-state index in [1.165, 1.54) is 19.2 Å². The normalized spacial score (nSPS) is 10.2. The van der Waals surface area contributed by atoms with Gasteiger partial charge in [0, 0.05) is 5.69 Å². The van der Waals surface area contributed by atoms with E-state index in [1.807, 2.05) is 0 Å². The van der Waals surface area contributed by atoms with E-state index in [9.17, 15) is 9.18 Å². The van der Waals surface area contributed by atoms with Crippen LogP contribution in [0.2, 0.25) is 5.02 Å². The van der Waals surface area contributed by atoms with Crippen LogP contribution in [0.3, 0.4) is 0 Å². The van der Waals surface area contributed by atoms with Crippen molar-refractivity contribution in [3.8, 4) is 5.75 Å². The lowest BCUT2D eigenvalue weighted by Crippen LogP contribution is -2.15. The molecule has 3 N–H and O–H groups in total. The Morgan fingerprint density at radius 2 is 2.10 bits per heavy atom. The zero-order valence-corrected chi connectivity index (χ0v) is 11.4. The molecule has 0 heterocycles. The highest BCUT2D eigenvalue weighted by molar-refractivity contribution is 6.34. The van der Waals surface area contributed by atoms with Crippen LogP contribution in [-0.2, 0) is 0 Å². The predicted octanol–water partition coefficient (Wildman–Crippen LogP) is 3.32. The van der Waals surface area contributed by atoms with Gasteiger partial charge in [0.2, 0.25) is 0 Å².